The van der Waals surface area contributed by atoms with Crippen LogP contribution in [0, 0.1) is 0 Å². The lowest BCUT2D eigenvalue weighted by molar-refractivity contribution is 1.55. The number of hydrogen-bond donors (Lipinski definition) is 0. The molecule has 82 valence electrons. The minimum Gasteiger partial charge on any atom is -0.0991 e. The molecule has 0 aromatic carbocycles. The first-order chi connectivity index (χ1) is 7.79. The summed E-state index contributed by atoms with van der Waals surface area (Å²) in [5, 5.41) is 0. The molecule has 0 rings (SSSR count). The highest BCUT2D eigenvalue weighted by molar-refractivity contribution is 5.49. The molecule has 0 spiro atoms. The predicted molar refractivity (Wildman–Crippen MR) is 75.2 cm³/mol. The largest absolute Gasteiger partial charge is 0.0991 e. The van der Waals surface area contributed by atoms with Crippen molar-refractivity contribution >= 4 is 0 Å². The Morgan fingerprint density at radius 1 is 0.625 bits per heavy atom. The Morgan fingerprint density at radius 3 is 1.81 bits per heavy atom. The fourth-order valence-electron chi connectivity index (χ4n) is 1.07. The molecule has 0 atom stereocenters. The lowest BCUT2D eigenvalue weighted by Gasteiger charge is -2.01. The van der Waals surface area contributed by atoms with Crippen LogP contribution in [-0.4, -0.2) is 0 Å². The van der Waals surface area contributed by atoms with E-state index < -0.39 is 0 Å². The molecule has 0 aliphatic heterocycles. The van der Waals surface area contributed by atoms with Gasteiger partial charge in [-0.2, -0.15) is 0 Å². The normalized spacial score (nSPS) is 13.0. The Balaban J connectivity index is 5.13. The van der Waals surface area contributed by atoms with Crippen molar-refractivity contribution in [3.8, 4) is 0 Å². The van der Waals surface area contributed by atoms with Gasteiger partial charge in [-0.25, -0.2) is 0 Å². The molecular formula is C16H18. The summed E-state index contributed by atoms with van der Waals surface area (Å²) in [6.45, 7) is 14.7. The van der Waals surface area contributed by atoms with Crippen LogP contribution in [0.1, 0.15) is 0 Å². The maximum absolute atomic E-state index is 3.79. The van der Waals surface area contributed by atoms with Gasteiger partial charge in [0, 0.05) is 0 Å². The Hall–Kier alpha value is -2.08. The molecule has 0 aliphatic rings. The summed E-state index contributed by atoms with van der Waals surface area (Å²) in [5.41, 5.74) is 2.06. The Kier molecular flexibility index (Phi) is 8.24. The van der Waals surface area contributed by atoms with Gasteiger partial charge in [-0.3, -0.25) is 0 Å². The van der Waals surface area contributed by atoms with E-state index in [-0.39, 0.29) is 0 Å². The van der Waals surface area contributed by atoms with E-state index in [1.807, 2.05) is 36.5 Å². The second kappa shape index (κ2) is 9.47. The van der Waals surface area contributed by atoms with Crippen molar-refractivity contribution in [1.29, 1.82) is 0 Å². The van der Waals surface area contributed by atoms with E-state index in [0.717, 1.165) is 11.1 Å². The number of allylic oxidation sites excluding steroid dienone is 12. The highest BCUT2D eigenvalue weighted by Gasteiger charge is 1.94. The zero-order valence-electron chi connectivity index (χ0n) is 9.60. The monoisotopic (exact) mass is 210 g/mol. The molecule has 0 heteroatoms. The van der Waals surface area contributed by atoms with E-state index >= 15 is 0 Å². The van der Waals surface area contributed by atoms with Gasteiger partial charge in [0.15, 0.2) is 0 Å². The fraction of sp³-hybridized carbons (Fsp3) is 0. The highest BCUT2D eigenvalue weighted by Crippen LogP contribution is 2.13. The van der Waals surface area contributed by atoms with Crippen LogP contribution in [0.25, 0.3) is 0 Å². The van der Waals surface area contributed by atoms with Gasteiger partial charge in [-0.05, 0) is 11.1 Å². The van der Waals surface area contributed by atoms with Gasteiger partial charge in [0.05, 0.1) is 0 Å². The first-order valence-electron chi connectivity index (χ1n) is 5.04. The van der Waals surface area contributed by atoms with Crippen molar-refractivity contribution in [3.63, 3.8) is 0 Å². The summed E-state index contributed by atoms with van der Waals surface area (Å²) >= 11 is 0. The maximum atomic E-state index is 3.79. The molecule has 0 fully saturated rings. The zero-order valence-corrected chi connectivity index (χ0v) is 9.60. The van der Waals surface area contributed by atoms with Gasteiger partial charge in [0.25, 0.3) is 0 Å². The van der Waals surface area contributed by atoms with Crippen molar-refractivity contribution < 1.29 is 0 Å². The average molecular weight is 210 g/mol. The van der Waals surface area contributed by atoms with Crippen molar-refractivity contribution in [3.05, 3.63) is 98.2 Å². The molecule has 0 aliphatic carbocycles. The Labute approximate surface area is 98.7 Å². The van der Waals surface area contributed by atoms with Crippen LogP contribution in [-0.2, 0) is 0 Å². The third-order valence-electron chi connectivity index (χ3n) is 1.79. The Morgan fingerprint density at radius 2 is 1.31 bits per heavy atom. The molecule has 0 unspecified atom stereocenters. The average Bonchev–Trinajstić information content (AvgIpc) is 2.31. The third-order valence-corrected chi connectivity index (χ3v) is 1.79. The second-order valence-corrected chi connectivity index (χ2v) is 2.90. The second-order valence-electron chi connectivity index (χ2n) is 2.90. The SMILES string of the molecule is C=C\C=C/C=C(C=C)/C(/C=C\C=C)=C/C=C. The molecule has 0 saturated carbocycles. The van der Waals surface area contributed by atoms with Crippen molar-refractivity contribution in [2.75, 3.05) is 0 Å². The number of rotatable bonds is 7. The van der Waals surface area contributed by atoms with E-state index in [9.17, 15) is 0 Å². The fourth-order valence-corrected chi connectivity index (χ4v) is 1.07. The van der Waals surface area contributed by atoms with Crippen molar-refractivity contribution in [2.45, 2.75) is 0 Å². The molecule has 16 heavy (non-hydrogen) atoms. The van der Waals surface area contributed by atoms with Gasteiger partial charge in [-0.1, -0.05) is 87.1 Å². The molecule has 0 heterocycles. The number of hydrogen-bond acceptors (Lipinski definition) is 0. The zero-order chi connectivity index (χ0) is 12.2. The smallest absolute Gasteiger partial charge is 0.0184 e. The minimum atomic E-state index is 1.02. The molecule has 0 saturated heterocycles. The lowest BCUT2D eigenvalue weighted by atomic mass is 10.0. The van der Waals surface area contributed by atoms with Crippen LogP contribution < -0.4 is 0 Å². The van der Waals surface area contributed by atoms with Crippen LogP contribution in [0.15, 0.2) is 98.2 Å². The van der Waals surface area contributed by atoms with Crippen LogP contribution in [0.2, 0.25) is 0 Å². The van der Waals surface area contributed by atoms with Crippen LogP contribution in [0.5, 0.6) is 0 Å². The molecule has 0 nitrogen and oxygen atoms in total. The first-order valence-corrected chi connectivity index (χ1v) is 5.04. The molecule has 0 N–H and O–H groups in total. The quantitative estimate of drug-likeness (QED) is 0.534. The first kappa shape index (κ1) is 13.9. The predicted octanol–water partition coefficient (Wildman–Crippen LogP) is 4.70. The summed E-state index contributed by atoms with van der Waals surface area (Å²) in [7, 11) is 0. The summed E-state index contributed by atoms with van der Waals surface area (Å²) < 4.78 is 0. The standard InChI is InChI=1S/C16H18/c1-5-9-11-14-15(8-4)16(12-7-3)13-10-6-2/h5-14H,1-4H2/b11-9-,13-10-,15-14+,16-12+. The highest BCUT2D eigenvalue weighted by atomic mass is 14.0. The minimum absolute atomic E-state index is 1.02. The van der Waals surface area contributed by atoms with Gasteiger partial charge in [0.2, 0.25) is 0 Å². The van der Waals surface area contributed by atoms with E-state index in [0.29, 0.717) is 0 Å². The van der Waals surface area contributed by atoms with Crippen LogP contribution >= 0.6 is 0 Å². The topological polar surface area (TPSA) is 0 Å². The van der Waals surface area contributed by atoms with Crippen LogP contribution in [0.3, 0.4) is 0 Å². The summed E-state index contributed by atoms with van der Waals surface area (Å²) in [6.07, 6.45) is 18.5. The molecule has 0 radical (unpaired) electrons. The third kappa shape index (κ3) is 5.61. The van der Waals surface area contributed by atoms with Crippen molar-refractivity contribution in [1.82, 2.24) is 0 Å². The van der Waals surface area contributed by atoms with E-state index in [2.05, 4.69) is 26.3 Å². The Bertz CT molecular complexity index is 371. The van der Waals surface area contributed by atoms with E-state index in [4.69, 9.17) is 0 Å². The summed E-state index contributed by atoms with van der Waals surface area (Å²) in [4.78, 5) is 0. The molecule has 0 aromatic heterocycles. The van der Waals surface area contributed by atoms with Gasteiger partial charge in [-0.15, -0.1) is 0 Å². The summed E-state index contributed by atoms with van der Waals surface area (Å²) in [5.74, 6) is 0. The molecule has 0 bridgehead atoms. The molecule has 0 amide bonds. The summed E-state index contributed by atoms with van der Waals surface area (Å²) in [6, 6.07) is 0. The van der Waals surface area contributed by atoms with E-state index in [1.54, 1.807) is 24.3 Å². The lowest BCUT2D eigenvalue weighted by Crippen LogP contribution is -1.81. The maximum Gasteiger partial charge on any atom is -0.0184 e. The van der Waals surface area contributed by atoms with Gasteiger partial charge < -0.3 is 0 Å². The van der Waals surface area contributed by atoms with E-state index in [1.165, 1.54) is 0 Å². The molecular weight excluding hydrogens is 192 g/mol. The van der Waals surface area contributed by atoms with Crippen molar-refractivity contribution in [2.24, 2.45) is 0 Å². The van der Waals surface area contributed by atoms with Crippen LogP contribution in [0.4, 0.5) is 0 Å². The van der Waals surface area contributed by atoms with Gasteiger partial charge in [0.1, 0.15) is 0 Å². The van der Waals surface area contributed by atoms with Gasteiger partial charge >= 0.3 is 0 Å². The molecule has 0 aromatic rings.